The number of hydrogen-bond acceptors (Lipinski definition) is 9. The van der Waals surface area contributed by atoms with Crippen molar-refractivity contribution in [1.29, 1.82) is 0 Å². The number of esters is 2. The topological polar surface area (TPSA) is 68.8 Å². The highest BCUT2D eigenvalue weighted by Gasteiger charge is 2.19. The Labute approximate surface area is 223 Å². The number of hydrogen-bond donors (Lipinski definition) is 0. The Kier molecular flexibility index (Phi) is 12.8. The second-order valence-electron chi connectivity index (χ2n) is 11.4. The Morgan fingerprint density at radius 3 is 1.89 bits per heavy atom. The first-order valence-corrected chi connectivity index (χ1v) is 13.1. The summed E-state index contributed by atoms with van der Waals surface area (Å²) in [6.07, 6.45) is 0.575. The van der Waals surface area contributed by atoms with Gasteiger partial charge in [-0.3, -0.25) is 24.3 Å². The molecule has 210 valence electrons. The van der Waals surface area contributed by atoms with Gasteiger partial charge < -0.3 is 23.8 Å². The van der Waals surface area contributed by atoms with Crippen molar-refractivity contribution >= 4 is 17.6 Å². The second-order valence-corrected chi connectivity index (χ2v) is 11.4. The quantitative estimate of drug-likeness (QED) is 0.250. The van der Waals surface area contributed by atoms with Crippen LogP contribution in [0.3, 0.4) is 0 Å². The summed E-state index contributed by atoms with van der Waals surface area (Å²) in [4.78, 5) is 35.6. The summed E-state index contributed by atoms with van der Waals surface area (Å²) in [5.74, 6) is -0.424. The van der Waals surface area contributed by atoms with E-state index < -0.39 is 0 Å². The molecule has 0 unspecified atom stereocenters. The van der Waals surface area contributed by atoms with Crippen LogP contribution < -0.4 is 4.90 Å². The Hall–Kier alpha value is -2.24. The summed E-state index contributed by atoms with van der Waals surface area (Å²) in [5.41, 5.74) is 2.32. The third-order valence-corrected chi connectivity index (χ3v) is 6.11. The average Bonchev–Trinajstić information content (AvgIpc) is 2.79. The first kappa shape index (κ1) is 31.0. The molecule has 1 aromatic carbocycles. The van der Waals surface area contributed by atoms with Gasteiger partial charge in [0.1, 0.15) is 19.8 Å². The third-order valence-electron chi connectivity index (χ3n) is 6.11. The number of likely N-dealkylation sites (N-methyl/N-ethyl adjacent to an activating group) is 2. The van der Waals surface area contributed by atoms with Crippen molar-refractivity contribution in [3.8, 4) is 0 Å². The standard InChI is InChI=1S/C27H49N6O4/c1-28(2)16-18-36-26(34)12-14-31(15-13-27(35)37-19-17-33(5,6)7)20-24-8-10-25(11-9-24)32-22-29(3)21-30(4)23-32/h8-11H,12-23H2,1-7H3/q+1. The zero-order valence-electron chi connectivity index (χ0n) is 24.1. The molecular formula is C27H49N6O4+. The minimum atomic E-state index is -0.217. The van der Waals surface area contributed by atoms with Gasteiger partial charge in [-0.1, -0.05) is 12.1 Å². The van der Waals surface area contributed by atoms with Gasteiger partial charge in [0, 0.05) is 31.9 Å². The lowest BCUT2D eigenvalue weighted by Gasteiger charge is -2.40. The zero-order chi connectivity index (χ0) is 27.4. The molecule has 1 aromatic rings. The summed E-state index contributed by atoms with van der Waals surface area (Å²) < 4.78 is 11.5. The molecule has 1 saturated heterocycles. The zero-order valence-corrected chi connectivity index (χ0v) is 24.1. The van der Waals surface area contributed by atoms with Gasteiger partial charge in [-0.2, -0.15) is 0 Å². The maximum absolute atomic E-state index is 12.3. The predicted octanol–water partition coefficient (Wildman–Crippen LogP) is 1.18. The van der Waals surface area contributed by atoms with Gasteiger partial charge in [0.2, 0.25) is 0 Å². The molecule has 0 spiro atoms. The molecule has 37 heavy (non-hydrogen) atoms. The fraction of sp³-hybridized carbons (Fsp3) is 0.704. The molecule has 1 aliphatic heterocycles. The van der Waals surface area contributed by atoms with Gasteiger partial charge in [-0.15, -0.1) is 0 Å². The van der Waals surface area contributed by atoms with E-state index >= 15 is 0 Å². The molecule has 1 heterocycles. The van der Waals surface area contributed by atoms with Gasteiger partial charge in [-0.05, 0) is 45.9 Å². The molecule has 1 fully saturated rings. The van der Waals surface area contributed by atoms with Gasteiger partial charge in [-0.25, -0.2) is 0 Å². The molecular weight excluding hydrogens is 472 g/mol. The van der Waals surface area contributed by atoms with Gasteiger partial charge in [0.05, 0.1) is 54.0 Å². The van der Waals surface area contributed by atoms with Crippen LogP contribution in [0.2, 0.25) is 0 Å². The highest BCUT2D eigenvalue weighted by atomic mass is 16.5. The second kappa shape index (κ2) is 15.2. The first-order valence-electron chi connectivity index (χ1n) is 13.1. The van der Waals surface area contributed by atoms with E-state index in [-0.39, 0.29) is 24.8 Å². The lowest BCUT2D eigenvalue weighted by molar-refractivity contribution is -0.870. The fourth-order valence-corrected chi connectivity index (χ4v) is 4.05. The van der Waals surface area contributed by atoms with E-state index in [2.05, 4.69) is 79.1 Å². The summed E-state index contributed by atoms with van der Waals surface area (Å²) in [6.45, 7) is 6.69. The third kappa shape index (κ3) is 13.2. The largest absolute Gasteiger partial charge is 0.464 e. The summed E-state index contributed by atoms with van der Waals surface area (Å²) >= 11 is 0. The Balaban J connectivity index is 1.93. The van der Waals surface area contributed by atoms with Crippen LogP contribution in [-0.2, 0) is 25.6 Å². The number of quaternary nitrogens is 1. The molecule has 0 radical (unpaired) electrons. The van der Waals surface area contributed by atoms with E-state index in [9.17, 15) is 9.59 Å². The predicted molar refractivity (Wildman–Crippen MR) is 147 cm³/mol. The van der Waals surface area contributed by atoms with Crippen molar-refractivity contribution in [3.05, 3.63) is 29.8 Å². The number of nitrogens with zero attached hydrogens (tertiary/aromatic N) is 6. The Morgan fingerprint density at radius 2 is 1.38 bits per heavy atom. The molecule has 2 rings (SSSR count). The lowest BCUT2D eigenvalue weighted by atomic mass is 10.1. The highest BCUT2D eigenvalue weighted by molar-refractivity contribution is 5.70. The Bertz CT molecular complexity index is 817. The summed E-state index contributed by atoms with van der Waals surface area (Å²) in [7, 11) is 14.3. The first-order chi connectivity index (χ1) is 17.4. The number of ether oxygens (including phenoxy) is 2. The summed E-state index contributed by atoms with van der Waals surface area (Å²) in [5, 5.41) is 0. The lowest BCUT2D eigenvalue weighted by Crippen LogP contribution is -2.52. The Morgan fingerprint density at radius 1 is 0.838 bits per heavy atom. The maximum atomic E-state index is 12.3. The number of rotatable bonds is 15. The van der Waals surface area contributed by atoms with Crippen molar-refractivity contribution in [3.63, 3.8) is 0 Å². The fourth-order valence-electron chi connectivity index (χ4n) is 4.05. The van der Waals surface area contributed by atoms with Crippen LogP contribution in [0.5, 0.6) is 0 Å². The van der Waals surface area contributed by atoms with Gasteiger partial charge in [0.15, 0.2) is 0 Å². The molecule has 10 nitrogen and oxygen atoms in total. The van der Waals surface area contributed by atoms with Crippen LogP contribution in [0.15, 0.2) is 24.3 Å². The van der Waals surface area contributed by atoms with E-state index in [4.69, 9.17) is 9.47 Å². The highest BCUT2D eigenvalue weighted by Crippen LogP contribution is 2.19. The van der Waals surface area contributed by atoms with E-state index in [1.165, 1.54) is 5.69 Å². The number of carbonyl (C=O) groups excluding carboxylic acids is 2. The van der Waals surface area contributed by atoms with Crippen molar-refractivity contribution in [1.82, 2.24) is 19.6 Å². The average molecular weight is 522 g/mol. The smallest absolute Gasteiger partial charge is 0.307 e. The summed E-state index contributed by atoms with van der Waals surface area (Å²) in [6, 6.07) is 8.56. The van der Waals surface area contributed by atoms with Crippen molar-refractivity contribution in [2.24, 2.45) is 0 Å². The van der Waals surface area contributed by atoms with Crippen molar-refractivity contribution < 1.29 is 23.5 Å². The molecule has 1 aliphatic rings. The van der Waals surface area contributed by atoms with Crippen LogP contribution in [0.4, 0.5) is 5.69 Å². The molecule has 0 bridgehead atoms. The van der Waals surface area contributed by atoms with Gasteiger partial charge >= 0.3 is 11.9 Å². The van der Waals surface area contributed by atoms with E-state index in [0.717, 1.165) is 36.6 Å². The van der Waals surface area contributed by atoms with E-state index in [1.54, 1.807) is 0 Å². The monoisotopic (exact) mass is 521 g/mol. The van der Waals surface area contributed by atoms with Crippen LogP contribution >= 0.6 is 0 Å². The number of benzene rings is 1. The number of carbonyl (C=O) groups is 2. The molecule has 10 heteroatoms. The van der Waals surface area contributed by atoms with Crippen molar-refractivity contribution in [2.45, 2.75) is 19.4 Å². The van der Waals surface area contributed by atoms with Crippen molar-refractivity contribution in [2.75, 3.05) is 114 Å². The molecule has 0 N–H and O–H groups in total. The maximum Gasteiger partial charge on any atom is 0.307 e. The van der Waals surface area contributed by atoms with Crippen LogP contribution in [0.1, 0.15) is 18.4 Å². The number of anilines is 1. The molecule has 0 aliphatic carbocycles. The molecule has 0 amide bonds. The minimum absolute atomic E-state index is 0.208. The minimum Gasteiger partial charge on any atom is -0.464 e. The van der Waals surface area contributed by atoms with E-state index in [1.807, 2.05) is 19.0 Å². The van der Waals surface area contributed by atoms with Crippen LogP contribution in [0, 0.1) is 0 Å². The van der Waals surface area contributed by atoms with Gasteiger partial charge in [0.25, 0.3) is 0 Å². The van der Waals surface area contributed by atoms with E-state index in [0.29, 0.717) is 39.4 Å². The molecule has 0 aromatic heterocycles. The SMILES string of the molecule is CN(C)CCOC(=O)CCN(CCC(=O)OCC[N+](C)(C)C)Cc1ccc(N2CN(C)CN(C)C2)cc1. The van der Waals surface area contributed by atoms with Crippen LogP contribution in [0.25, 0.3) is 0 Å². The normalized spacial score (nSPS) is 15.4. The molecule has 0 atom stereocenters. The van der Waals surface area contributed by atoms with Crippen LogP contribution in [-0.4, -0.2) is 145 Å². The molecule has 0 saturated carbocycles.